The van der Waals surface area contributed by atoms with Crippen LogP contribution in [0.25, 0.3) is 0 Å². The molecule has 0 rings (SSSR count). The average Bonchev–Trinajstić information content (AvgIpc) is 2.23. The minimum atomic E-state index is -1.38. The van der Waals surface area contributed by atoms with Crippen LogP contribution in [0.4, 0.5) is 0 Å². The molecule has 0 spiro atoms. The summed E-state index contributed by atoms with van der Waals surface area (Å²) in [4.78, 5) is 34.0. The zero-order valence-electron chi connectivity index (χ0n) is 10.1. The van der Waals surface area contributed by atoms with Gasteiger partial charge in [-0.05, 0) is 20.3 Å². The summed E-state index contributed by atoms with van der Waals surface area (Å²) in [5, 5.41) is 17.4. The number of likely N-dealkylation sites (N-methyl/N-ethyl adjacent to an activating group) is 1. The third-order valence-electron chi connectivity index (χ3n) is 2.68. The molecule has 98 valence electrons. The Morgan fingerprint density at radius 3 is 2.12 bits per heavy atom. The van der Waals surface area contributed by atoms with Gasteiger partial charge in [-0.15, -0.1) is 0 Å². The van der Waals surface area contributed by atoms with Gasteiger partial charge in [0.15, 0.2) is 0 Å². The van der Waals surface area contributed by atoms with Crippen molar-refractivity contribution in [3.8, 4) is 0 Å². The monoisotopic (exact) mass is 246 g/mol. The van der Waals surface area contributed by atoms with Gasteiger partial charge < -0.3 is 20.8 Å². The summed E-state index contributed by atoms with van der Waals surface area (Å²) < 4.78 is 0. The van der Waals surface area contributed by atoms with E-state index < -0.39 is 29.4 Å². The third kappa shape index (κ3) is 4.03. The number of amides is 1. The molecular formula is C10H18N2O5. The summed E-state index contributed by atoms with van der Waals surface area (Å²) in [6.07, 6.45) is -0.248. The van der Waals surface area contributed by atoms with Crippen LogP contribution in [0.2, 0.25) is 0 Å². The number of nitrogens with two attached hydrogens (primary N) is 1. The lowest BCUT2D eigenvalue weighted by Gasteiger charge is -2.33. The SMILES string of the molecule is CN(C(=O)C(N)CCC(=O)O)C(C)(C)C(=O)O. The van der Waals surface area contributed by atoms with Crippen LogP contribution in [-0.4, -0.2) is 51.6 Å². The van der Waals surface area contributed by atoms with Gasteiger partial charge in [-0.3, -0.25) is 9.59 Å². The minimum absolute atomic E-state index is 0.0196. The molecule has 0 aliphatic heterocycles. The topological polar surface area (TPSA) is 121 Å². The maximum absolute atomic E-state index is 11.8. The largest absolute Gasteiger partial charge is 0.481 e. The first kappa shape index (κ1) is 15.4. The second kappa shape index (κ2) is 5.62. The number of carbonyl (C=O) groups excluding carboxylic acids is 1. The lowest BCUT2D eigenvalue weighted by atomic mass is 10.0. The Labute approximate surface area is 99.2 Å². The summed E-state index contributed by atoms with van der Waals surface area (Å²) >= 11 is 0. The zero-order chi connectivity index (χ0) is 13.8. The van der Waals surface area contributed by atoms with Crippen LogP contribution in [-0.2, 0) is 14.4 Å². The molecule has 0 aromatic rings. The van der Waals surface area contributed by atoms with Gasteiger partial charge >= 0.3 is 11.9 Å². The van der Waals surface area contributed by atoms with Crippen molar-refractivity contribution in [1.29, 1.82) is 0 Å². The van der Waals surface area contributed by atoms with E-state index in [0.717, 1.165) is 4.90 Å². The number of rotatable bonds is 6. The molecular weight excluding hydrogens is 228 g/mol. The van der Waals surface area contributed by atoms with Crippen molar-refractivity contribution in [3.05, 3.63) is 0 Å². The lowest BCUT2D eigenvalue weighted by Crippen LogP contribution is -2.55. The first-order valence-corrected chi connectivity index (χ1v) is 5.09. The van der Waals surface area contributed by atoms with Gasteiger partial charge in [-0.2, -0.15) is 0 Å². The summed E-state index contributed by atoms with van der Waals surface area (Å²) in [7, 11) is 1.33. The van der Waals surface area contributed by atoms with Gasteiger partial charge in [0.25, 0.3) is 0 Å². The molecule has 1 amide bonds. The predicted molar refractivity (Wildman–Crippen MR) is 59.3 cm³/mol. The van der Waals surface area contributed by atoms with E-state index in [4.69, 9.17) is 15.9 Å². The van der Waals surface area contributed by atoms with E-state index in [2.05, 4.69) is 0 Å². The van der Waals surface area contributed by atoms with Crippen LogP contribution in [0.1, 0.15) is 26.7 Å². The van der Waals surface area contributed by atoms with Gasteiger partial charge in [0, 0.05) is 13.5 Å². The number of aliphatic carboxylic acids is 2. The normalized spacial score (nSPS) is 12.9. The number of carbonyl (C=O) groups is 3. The van der Waals surface area contributed by atoms with Crippen molar-refractivity contribution >= 4 is 17.8 Å². The fourth-order valence-electron chi connectivity index (χ4n) is 1.07. The fraction of sp³-hybridized carbons (Fsp3) is 0.700. The van der Waals surface area contributed by atoms with E-state index in [1.807, 2.05) is 0 Å². The van der Waals surface area contributed by atoms with Crippen LogP contribution < -0.4 is 5.73 Å². The van der Waals surface area contributed by atoms with E-state index in [-0.39, 0.29) is 12.8 Å². The number of nitrogens with zero attached hydrogens (tertiary/aromatic N) is 1. The molecule has 0 saturated heterocycles. The van der Waals surface area contributed by atoms with Crippen molar-refractivity contribution < 1.29 is 24.6 Å². The first-order valence-electron chi connectivity index (χ1n) is 5.09. The van der Waals surface area contributed by atoms with Crippen molar-refractivity contribution in [3.63, 3.8) is 0 Å². The summed E-state index contributed by atoms with van der Waals surface area (Å²) in [6.45, 7) is 2.74. The highest BCUT2D eigenvalue weighted by Gasteiger charge is 2.36. The van der Waals surface area contributed by atoms with E-state index >= 15 is 0 Å². The molecule has 1 atom stereocenters. The van der Waals surface area contributed by atoms with Gasteiger partial charge in [0.05, 0.1) is 6.04 Å². The van der Waals surface area contributed by atoms with Crippen molar-refractivity contribution in [1.82, 2.24) is 4.90 Å². The predicted octanol–water partition coefficient (Wildman–Crippen LogP) is -0.500. The standard InChI is InChI=1S/C10H18N2O5/c1-10(2,9(16)17)12(3)8(15)6(11)4-5-7(13)14/h6H,4-5,11H2,1-3H3,(H,13,14)(H,16,17). The smallest absolute Gasteiger partial charge is 0.329 e. The van der Waals surface area contributed by atoms with Crippen LogP contribution >= 0.6 is 0 Å². The Kier molecular flexibility index (Phi) is 5.09. The van der Waals surface area contributed by atoms with Crippen LogP contribution in [0, 0.1) is 0 Å². The van der Waals surface area contributed by atoms with Crippen LogP contribution in [0.15, 0.2) is 0 Å². The fourth-order valence-corrected chi connectivity index (χ4v) is 1.07. The van der Waals surface area contributed by atoms with Gasteiger partial charge in [-0.25, -0.2) is 4.79 Å². The molecule has 0 fully saturated rings. The number of carboxylic acid groups (broad SMARTS) is 2. The lowest BCUT2D eigenvalue weighted by molar-refractivity contribution is -0.156. The zero-order valence-corrected chi connectivity index (χ0v) is 10.1. The molecule has 7 heteroatoms. The van der Waals surface area contributed by atoms with E-state index in [1.165, 1.54) is 20.9 Å². The highest BCUT2D eigenvalue weighted by Crippen LogP contribution is 2.14. The quantitative estimate of drug-likeness (QED) is 0.581. The number of hydrogen-bond donors (Lipinski definition) is 3. The third-order valence-corrected chi connectivity index (χ3v) is 2.68. The molecule has 0 saturated carbocycles. The Bertz CT molecular complexity index is 327. The highest BCUT2D eigenvalue weighted by molar-refractivity contribution is 5.89. The summed E-state index contributed by atoms with van der Waals surface area (Å²) in [5.74, 6) is -2.79. The molecule has 17 heavy (non-hydrogen) atoms. The summed E-state index contributed by atoms with van der Waals surface area (Å²) in [6, 6.07) is -1.00. The Morgan fingerprint density at radius 1 is 1.29 bits per heavy atom. The number of carboxylic acids is 2. The molecule has 0 heterocycles. The molecule has 7 nitrogen and oxygen atoms in total. The van der Waals surface area contributed by atoms with Crippen molar-refractivity contribution in [2.45, 2.75) is 38.3 Å². The van der Waals surface area contributed by atoms with Crippen LogP contribution in [0.3, 0.4) is 0 Å². The first-order chi connectivity index (χ1) is 7.60. The van der Waals surface area contributed by atoms with Crippen molar-refractivity contribution in [2.75, 3.05) is 7.05 Å². The average molecular weight is 246 g/mol. The molecule has 1 unspecified atom stereocenters. The maximum atomic E-state index is 11.8. The molecule has 0 bridgehead atoms. The highest BCUT2D eigenvalue weighted by atomic mass is 16.4. The maximum Gasteiger partial charge on any atom is 0.329 e. The van der Waals surface area contributed by atoms with Gasteiger partial charge in [-0.1, -0.05) is 0 Å². The molecule has 0 aromatic heterocycles. The van der Waals surface area contributed by atoms with E-state index in [9.17, 15) is 14.4 Å². The Hall–Kier alpha value is -1.63. The molecule has 0 aromatic carbocycles. The molecule has 4 N–H and O–H groups in total. The Morgan fingerprint density at radius 2 is 1.76 bits per heavy atom. The van der Waals surface area contributed by atoms with Gasteiger partial charge in [0.1, 0.15) is 5.54 Å². The van der Waals surface area contributed by atoms with E-state index in [1.54, 1.807) is 0 Å². The Balaban J connectivity index is 4.59. The second-order valence-corrected chi connectivity index (χ2v) is 4.30. The van der Waals surface area contributed by atoms with Crippen LogP contribution in [0.5, 0.6) is 0 Å². The second-order valence-electron chi connectivity index (χ2n) is 4.30. The van der Waals surface area contributed by atoms with E-state index in [0.29, 0.717) is 0 Å². The van der Waals surface area contributed by atoms with Crippen molar-refractivity contribution in [2.24, 2.45) is 5.73 Å². The van der Waals surface area contributed by atoms with Gasteiger partial charge in [0.2, 0.25) is 5.91 Å². The summed E-state index contributed by atoms with van der Waals surface area (Å²) in [5.41, 5.74) is 4.14. The molecule has 0 aliphatic carbocycles. The molecule has 0 aliphatic rings. The molecule has 0 radical (unpaired) electrons. The minimum Gasteiger partial charge on any atom is -0.481 e. The number of hydrogen-bond acceptors (Lipinski definition) is 4.